The molecule has 2 amide bonds. The first kappa shape index (κ1) is 17.6. The molecule has 0 unspecified atom stereocenters. The van der Waals surface area contributed by atoms with Gasteiger partial charge in [0.2, 0.25) is 5.91 Å². The molecule has 0 spiro atoms. The summed E-state index contributed by atoms with van der Waals surface area (Å²) in [6.45, 7) is 1.84. The van der Waals surface area contributed by atoms with Crippen molar-refractivity contribution in [1.82, 2.24) is 5.32 Å². The first-order valence-electron chi connectivity index (χ1n) is 6.98. The number of anilines is 1. The zero-order chi connectivity index (χ0) is 16.8. The minimum Gasteiger partial charge on any atom is -0.343 e. The average Bonchev–Trinajstić information content (AvgIpc) is 2.55. The third-order valence-electron chi connectivity index (χ3n) is 3.22. The highest BCUT2D eigenvalue weighted by atomic mass is 79.9. The first-order chi connectivity index (χ1) is 11.0. The predicted molar refractivity (Wildman–Crippen MR) is 98.1 cm³/mol. The fraction of sp³-hybridized carbons (Fsp3) is 0.176. The fourth-order valence-electron chi connectivity index (χ4n) is 2.05. The highest BCUT2D eigenvalue weighted by Crippen LogP contribution is 2.20. The Hall–Kier alpha value is -1.79. The van der Waals surface area contributed by atoms with Gasteiger partial charge in [0.25, 0.3) is 5.91 Å². The van der Waals surface area contributed by atoms with Crippen LogP contribution in [0.15, 0.2) is 51.8 Å². The lowest BCUT2D eigenvalue weighted by Gasteiger charge is -2.10. The summed E-state index contributed by atoms with van der Waals surface area (Å²) in [7, 11) is 0. The van der Waals surface area contributed by atoms with Gasteiger partial charge < -0.3 is 10.6 Å². The maximum Gasteiger partial charge on any atom is 0.252 e. The number of thioether (sulfide) groups is 1. The van der Waals surface area contributed by atoms with Gasteiger partial charge in [-0.3, -0.25) is 9.59 Å². The van der Waals surface area contributed by atoms with E-state index in [2.05, 4.69) is 26.6 Å². The summed E-state index contributed by atoms with van der Waals surface area (Å²) in [5.74, 6) is -0.511. The van der Waals surface area contributed by atoms with E-state index in [1.165, 1.54) is 11.8 Å². The van der Waals surface area contributed by atoms with E-state index in [1.807, 2.05) is 43.5 Å². The SMILES string of the molecule is CSc1ccccc1C(=O)NCC(=O)Nc1ccc(Br)cc1C. The zero-order valence-electron chi connectivity index (χ0n) is 12.9. The highest BCUT2D eigenvalue weighted by molar-refractivity contribution is 9.10. The van der Waals surface area contributed by atoms with Gasteiger partial charge in [-0.05, 0) is 49.1 Å². The van der Waals surface area contributed by atoms with Crippen molar-refractivity contribution in [2.75, 3.05) is 18.1 Å². The molecule has 2 aromatic rings. The molecule has 2 aromatic carbocycles. The third kappa shape index (κ3) is 4.84. The Morgan fingerprint density at radius 2 is 1.91 bits per heavy atom. The number of hydrogen-bond donors (Lipinski definition) is 2. The van der Waals surface area contributed by atoms with Crippen LogP contribution in [0.5, 0.6) is 0 Å². The number of nitrogens with one attached hydrogen (secondary N) is 2. The van der Waals surface area contributed by atoms with Gasteiger partial charge in [0.1, 0.15) is 0 Å². The number of hydrogen-bond acceptors (Lipinski definition) is 3. The summed E-state index contributed by atoms with van der Waals surface area (Å²) in [5, 5.41) is 5.44. The lowest BCUT2D eigenvalue weighted by Crippen LogP contribution is -2.33. The number of benzene rings is 2. The quantitative estimate of drug-likeness (QED) is 0.759. The molecule has 0 radical (unpaired) electrons. The van der Waals surface area contributed by atoms with Crippen LogP contribution in [-0.2, 0) is 4.79 Å². The van der Waals surface area contributed by atoms with Gasteiger partial charge >= 0.3 is 0 Å². The van der Waals surface area contributed by atoms with Crippen LogP contribution < -0.4 is 10.6 Å². The number of amides is 2. The Balaban J connectivity index is 1.95. The van der Waals surface area contributed by atoms with E-state index in [1.54, 1.807) is 12.1 Å². The van der Waals surface area contributed by atoms with Crippen LogP contribution in [0.1, 0.15) is 15.9 Å². The maximum atomic E-state index is 12.2. The summed E-state index contributed by atoms with van der Waals surface area (Å²) in [6.07, 6.45) is 1.91. The smallest absolute Gasteiger partial charge is 0.252 e. The molecule has 0 atom stereocenters. The van der Waals surface area contributed by atoms with E-state index in [9.17, 15) is 9.59 Å². The van der Waals surface area contributed by atoms with E-state index in [0.717, 1.165) is 20.6 Å². The molecular formula is C17H17BrN2O2S. The van der Waals surface area contributed by atoms with Crippen LogP contribution in [0, 0.1) is 6.92 Å². The van der Waals surface area contributed by atoms with Crippen molar-refractivity contribution in [3.05, 3.63) is 58.1 Å². The number of rotatable bonds is 5. The molecule has 0 bridgehead atoms. The van der Waals surface area contributed by atoms with Crippen molar-refractivity contribution < 1.29 is 9.59 Å². The Bertz CT molecular complexity index is 734. The monoisotopic (exact) mass is 392 g/mol. The number of halogens is 1. The molecule has 2 rings (SSSR count). The first-order valence-corrected chi connectivity index (χ1v) is 9.00. The van der Waals surface area contributed by atoms with E-state index in [-0.39, 0.29) is 18.4 Å². The van der Waals surface area contributed by atoms with E-state index in [0.29, 0.717) is 5.56 Å². The van der Waals surface area contributed by atoms with Crippen LogP contribution in [-0.4, -0.2) is 24.6 Å². The van der Waals surface area contributed by atoms with Gasteiger partial charge in [0.15, 0.2) is 0 Å². The minimum atomic E-state index is -0.259. The number of aryl methyl sites for hydroxylation is 1. The van der Waals surface area contributed by atoms with E-state index < -0.39 is 0 Å². The molecule has 0 aliphatic carbocycles. The molecule has 2 N–H and O–H groups in total. The molecule has 120 valence electrons. The van der Waals surface area contributed by atoms with Crippen LogP contribution in [0.25, 0.3) is 0 Å². The fourth-order valence-corrected chi connectivity index (χ4v) is 3.12. The van der Waals surface area contributed by atoms with Gasteiger partial charge in [-0.1, -0.05) is 28.1 Å². The Labute approximate surface area is 148 Å². The third-order valence-corrected chi connectivity index (χ3v) is 4.51. The molecule has 23 heavy (non-hydrogen) atoms. The molecule has 0 fully saturated rings. The van der Waals surface area contributed by atoms with Gasteiger partial charge in [0.05, 0.1) is 12.1 Å². The number of carbonyl (C=O) groups excluding carboxylic acids is 2. The summed E-state index contributed by atoms with van der Waals surface area (Å²) >= 11 is 4.88. The number of carbonyl (C=O) groups is 2. The van der Waals surface area contributed by atoms with E-state index in [4.69, 9.17) is 0 Å². The normalized spacial score (nSPS) is 10.2. The van der Waals surface area contributed by atoms with Crippen molar-refractivity contribution in [2.24, 2.45) is 0 Å². The van der Waals surface area contributed by atoms with E-state index >= 15 is 0 Å². The van der Waals surface area contributed by atoms with Crippen LogP contribution in [0.2, 0.25) is 0 Å². The second-order valence-electron chi connectivity index (χ2n) is 4.89. The zero-order valence-corrected chi connectivity index (χ0v) is 15.3. The summed E-state index contributed by atoms with van der Waals surface area (Å²) in [4.78, 5) is 25.1. The van der Waals surface area contributed by atoms with Gasteiger partial charge in [-0.25, -0.2) is 0 Å². The maximum absolute atomic E-state index is 12.2. The second-order valence-corrected chi connectivity index (χ2v) is 6.65. The van der Waals surface area contributed by atoms with Crippen molar-refractivity contribution in [3.8, 4) is 0 Å². The lowest BCUT2D eigenvalue weighted by atomic mass is 10.2. The molecule has 6 heteroatoms. The average molecular weight is 393 g/mol. The summed E-state index contributed by atoms with van der Waals surface area (Å²) < 4.78 is 0.954. The van der Waals surface area contributed by atoms with Crippen LogP contribution >= 0.6 is 27.7 Å². The highest BCUT2D eigenvalue weighted by Gasteiger charge is 2.12. The molecule has 4 nitrogen and oxygen atoms in total. The minimum absolute atomic E-state index is 0.0724. The summed E-state index contributed by atoms with van der Waals surface area (Å²) in [6, 6.07) is 12.9. The standard InChI is InChI=1S/C17H17BrN2O2S/c1-11-9-12(18)7-8-14(11)20-16(21)10-19-17(22)13-5-3-4-6-15(13)23-2/h3-9H,10H2,1-2H3,(H,19,22)(H,20,21). The Morgan fingerprint density at radius 1 is 1.17 bits per heavy atom. The molecule has 0 aliphatic heterocycles. The lowest BCUT2D eigenvalue weighted by molar-refractivity contribution is -0.115. The van der Waals surface area contributed by atoms with Gasteiger partial charge in [-0.15, -0.1) is 11.8 Å². The van der Waals surface area contributed by atoms with Gasteiger partial charge in [-0.2, -0.15) is 0 Å². The Morgan fingerprint density at radius 3 is 2.61 bits per heavy atom. The molecule has 0 heterocycles. The van der Waals surface area contributed by atoms with Crippen LogP contribution in [0.3, 0.4) is 0 Å². The van der Waals surface area contributed by atoms with Crippen LogP contribution in [0.4, 0.5) is 5.69 Å². The molecule has 0 aromatic heterocycles. The molecule has 0 saturated carbocycles. The van der Waals surface area contributed by atoms with Gasteiger partial charge in [0, 0.05) is 15.1 Å². The Kier molecular flexibility index (Phi) is 6.24. The molecule has 0 saturated heterocycles. The topological polar surface area (TPSA) is 58.2 Å². The largest absolute Gasteiger partial charge is 0.343 e. The summed E-state index contributed by atoms with van der Waals surface area (Å²) in [5.41, 5.74) is 2.26. The van der Waals surface area contributed by atoms with Crippen molar-refractivity contribution in [1.29, 1.82) is 0 Å². The second kappa shape index (κ2) is 8.17. The predicted octanol–water partition coefficient (Wildman–Crippen LogP) is 3.85. The van der Waals surface area contributed by atoms with Crippen molar-refractivity contribution in [3.63, 3.8) is 0 Å². The van der Waals surface area contributed by atoms with Crippen molar-refractivity contribution in [2.45, 2.75) is 11.8 Å². The molecule has 0 aliphatic rings. The van der Waals surface area contributed by atoms with Crippen molar-refractivity contribution >= 4 is 45.2 Å². The molecular weight excluding hydrogens is 376 g/mol.